The van der Waals surface area contributed by atoms with Gasteiger partial charge in [0.1, 0.15) is 7.28 Å². The van der Waals surface area contributed by atoms with Crippen LogP contribution in [0.25, 0.3) is 0 Å². The normalized spacial score (nSPS) is 25.3. The van der Waals surface area contributed by atoms with Gasteiger partial charge in [-0.2, -0.15) is 0 Å². The zero-order chi connectivity index (χ0) is 23.1. The number of rotatable bonds is 2. The minimum absolute atomic E-state index is 1.05. The quantitative estimate of drug-likeness (QED) is 0.361. The summed E-state index contributed by atoms with van der Waals surface area (Å²) in [5.41, 5.74) is 0. The maximum Gasteiger partial charge on any atom is 0.127 e. The molecule has 2 aliphatic rings. The van der Waals surface area contributed by atoms with Crippen molar-refractivity contribution < 1.29 is 0 Å². The van der Waals surface area contributed by atoms with Crippen molar-refractivity contribution in [1.82, 2.24) is 0 Å². The third-order valence-electron chi connectivity index (χ3n) is 9.12. The SMILES string of the molecule is B(C1CCCCCCCCCCCCCCC1)C1CCCCCCCCCCCCCCC1. The maximum atomic E-state index is 1.58. The lowest BCUT2D eigenvalue weighted by Gasteiger charge is -2.23. The van der Waals surface area contributed by atoms with E-state index in [4.69, 9.17) is 0 Å². The Bertz CT molecular complexity index is 324. The average Bonchev–Trinajstić information content (AvgIpc) is 2.81. The molecule has 0 amide bonds. The van der Waals surface area contributed by atoms with E-state index in [9.17, 15) is 0 Å². The van der Waals surface area contributed by atoms with E-state index in [1.807, 2.05) is 0 Å². The van der Waals surface area contributed by atoms with Gasteiger partial charge in [-0.05, 0) is 0 Å². The van der Waals surface area contributed by atoms with Crippen molar-refractivity contribution in [3.63, 3.8) is 0 Å². The molecule has 0 nitrogen and oxygen atoms in total. The van der Waals surface area contributed by atoms with Gasteiger partial charge in [0.15, 0.2) is 0 Å². The molecule has 194 valence electrons. The van der Waals surface area contributed by atoms with E-state index >= 15 is 0 Å². The van der Waals surface area contributed by atoms with Crippen molar-refractivity contribution >= 4 is 7.28 Å². The highest BCUT2D eigenvalue weighted by molar-refractivity contribution is 6.39. The van der Waals surface area contributed by atoms with Gasteiger partial charge in [0.05, 0.1) is 0 Å². The summed E-state index contributed by atoms with van der Waals surface area (Å²) >= 11 is 0. The minimum Gasteiger partial charge on any atom is -0.0654 e. The summed E-state index contributed by atoms with van der Waals surface area (Å²) in [6, 6.07) is 0. The lowest BCUT2D eigenvalue weighted by molar-refractivity contribution is 0.489. The van der Waals surface area contributed by atoms with Crippen molar-refractivity contribution in [3.8, 4) is 0 Å². The summed E-state index contributed by atoms with van der Waals surface area (Å²) in [5, 5.41) is 0. The van der Waals surface area contributed by atoms with Crippen molar-refractivity contribution in [1.29, 1.82) is 0 Å². The van der Waals surface area contributed by atoms with Gasteiger partial charge in [0.25, 0.3) is 0 Å². The molecule has 2 fully saturated rings. The van der Waals surface area contributed by atoms with Gasteiger partial charge >= 0.3 is 0 Å². The standard InChI is InChI=1S/C32H63B/c1-3-7-11-15-19-23-27-31(28-24-20-16-12-8-4-1)33-32-29-25-21-17-13-9-5-2-6-10-14-18-22-26-30-32/h31-33H,1-30H2. The first-order valence-corrected chi connectivity index (χ1v) is 16.4. The molecular formula is C32H63B. The molecule has 0 radical (unpaired) electrons. The summed E-state index contributed by atoms with van der Waals surface area (Å²) in [7, 11) is 1.58. The van der Waals surface area contributed by atoms with Crippen LogP contribution in [0.15, 0.2) is 0 Å². The first kappa shape index (κ1) is 29.3. The number of hydrogen-bond donors (Lipinski definition) is 0. The fourth-order valence-corrected chi connectivity index (χ4v) is 6.85. The van der Waals surface area contributed by atoms with Crippen LogP contribution in [0.1, 0.15) is 193 Å². The predicted octanol–water partition coefficient (Wildman–Crippen LogP) is 11.7. The molecule has 0 aromatic heterocycles. The Morgan fingerprint density at radius 2 is 0.364 bits per heavy atom. The van der Waals surface area contributed by atoms with Crippen LogP contribution in [0.5, 0.6) is 0 Å². The monoisotopic (exact) mass is 459 g/mol. The van der Waals surface area contributed by atoms with E-state index in [1.165, 1.54) is 167 Å². The Kier molecular flexibility index (Phi) is 20.0. The van der Waals surface area contributed by atoms with Gasteiger partial charge < -0.3 is 0 Å². The maximum absolute atomic E-state index is 1.58. The van der Waals surface area contributed by atoms with Crippen molar-refractivity contribution in [2.75, 3.05) is 0 Å². The molecule has 0 N–H and O–H groups in total. The fourth-order valence-electron chi connectivity index (χ4n) is 6.85. The molecule has 0 heterocycles. The first-order valence-electron chi connectivity index (χ1n) is 16.4. The molecule has 0 unspecified atom stereocenters. The molecule has 0 aliphatic heterocycles. The summed E-state index contributed by atoms with van der Waals surface area (Å²) in [6.45, 7) is 0. The Morgan fingerprint density at radius 3 is 0.545 bits per heavy atom. The van der Waals surface area contributed by atoms with Crippen LogP contribution in [0.2, 0.25) is 11.6 Å². The largest absolute Gasteiger partial charge is 0.127 e. The lowest BCUT2D eigenvalue weighted by Crippen LogP contribution is -2.13. The van der Waals surface area contributed by atoms with Gasteiger partial charge in [0, 0.05) is 0 Å². The van der Waals surface area contributed by atoms with E-state index in [0.29, 0.717) is 0 Å². The van der Waals surface area contributed by atoms with Crippen molar-refractivity contribution in [2.45, 2.75) is 204 Å². The van der Waals surface area contributed by atoms with Gasteiger partial charge in [-0.15, -0.1) is 0 Å². The molecular weight excluding hydrogens is 395 g/mol. The van der Waals surface area contributed by atoms with Crippen LogP contribution in [-0.4, -0.2) is 7.28 Å². The van der Waals surface area contributed by atoms with Crippen LogP contribution in [0.3, 0.4) is 0 Å². The summed E-state index contributed by atoms with van der Waals surface area (Å²) in [5.74, 6) is 2.10. The zero-order valence-corrected chi connectivity index (χ0v) is 23.1. The Balaban J connectivity index is 1.77. The van der Waals surface area contributed by atoms with E-state index in [2.05, 4.69) is 0 Å². The summed E-state index contributed by atoms with van der Waals surface area (Å²) in [4.78, 5) is 0. The van der Waals surface area contributed by atoms with Crippen LogP contribution in [0, 0.1) is 0 Å². The zero-order valence-electron chi connectivity index (χ0n) is 23.1. The molecule has 2 rings (SSSR count). The van der Waals surface area contributed by atoms with Crippen LogP contribution in [-0.2, 0) is 0 Å². The van der Waals surface area contributed by atoms with Gasteiger partial charge in [-0.25, -0.2) is 0 Å². The van der Waals surface area contributed by atoms with Crippen molar-refractivity contribution in [2.24, 2.45) is 0 Å². The molecule has 0 bridgehead atoms. The Hall–Kier alpha value is 0.0649. The average molecular weight is 459 g/mol. The van der Waals surface area contributed by atoms with E-state index in [1.54, 1.807) is 33.0 Å². The summed E-state index contributed by atoms with van der Waals surface area (Å²) < 4.78 is 0. The highest BCUT2D eigenvalue weighted by atomic mass is 14.1. The van der Waals surface area contributed by atoms with Gasteiger partial charge in [-0.1, -0.05) is 204 Å². The molecule has 2 aliphatic carbocycles. The third-order valence-corrected chi connectivity index (χ3v) is 9.12. The number of hydrogen-bond acceptors (Lipinski definition) is 0. The molecule has 0 spiro atoms. The topological polar surface area (TPSA) is 0 Å². The highest BCUT2D eigenvalue weighted by Crippen LogP contribution is 2.32. The smallest absolute Gasteiger partial charge is 0.0654 e. The predicted molar refractivity (Wildman–Crippen MR) is 153 cm³/mol. The Morgan fingerprint density at radius 1 is 0.212 bits per heavy atom. The van der Waals surface area contributed by atoms with Crippen LogP contribution >= 0.6 is 0 Å². The minimum atomic E-state index is 1.05. The fraction of sp³-hybridized carbons (Fsp3) is 1.00. The van der Waals surface area contributed by atoms with Crippen LogP contribution < -0.4 is 0 Å². The first-order chi connectivity index (χ1) is 16.4. The van der Waals surface area contributed by atoms with E-state index in [-0.39, 0.29) is 0 Å². The van der Waals surface area contributed by atoms with Crippen LogP contribution in [0.4, 0.5) is 0 Å². The molecule has 0 aromatic rings. The summed E-state index contributed by atoms with van der Waals surface area (Å²) in [6.07, 6.45) is 45.5. The lowest BCUT2D eigenvalue weighted by atomic mass is 9.50. The molecule has 33 heavy (non-hydrogen) atoms. The van der Waals surface area contributed by atoms with Gasteiger partial charge in [0.2, 0.25) is 0 Å². The third kappa shape index (κ3) is 18.1. The van der Waals surface area contributed by atoms with E-state index < -0.39 is 0 Å². The second kappa shape index (κ2) is 22.5. The molecule has 2 saturated carbocycles. The molecule has 0 atom stereocenters. The Labute approximate surface area is 211 Å². The molecule has 0 aromatic carbocycles. The molecule has 0 saturated heterocycles. The second-order valence-electron chi connectivity index (χ2n) is 12.3. The highest BCUT2D eigenvalue weighted by Gasteiger charge is 2.18. The second-order valence-corrected chi connectivity index (χ2v) is 12.3. The molecule has 1 heteroatoms. The van der Waals surface area contributed by atoms with Crippen molar-refractivity contribution in [3.05, 3.63) is 0 Å². The van der Waals surface area contributed by atoms with E-state index in [0.717, 1.165) is 11.6 Å². The van der Waals surface area contributed by atoms with Gasteiger partial charge in [-0.3, -0.25) is 0 Å².